The number of fused-ring (bicyclic) bond motifs is 3. The molecule has 23 heavy (non-hydrogen) atoms. The van der Waals surface area contributed by atoms with Gasteiger partial charge in [0, 0.05) is 17.3 Å². The lowest BCUT2D eigenvalue weighted by atomic mass is 10.0. The van der Waals surface area contributed by atoms with Crippen LogP contribution in [0.1, 0.15) is 30.7 Å². The van der Waals surface area contributed by atoms with E-state index in [1.807, 2.05) is 6.07 Å². The number of furan rings is 1. The fourth-order valence-electron chi connectivity index (χ4n) is 3.38. The van der Waals surface area contributed by atoms with Crippen molar-refractivity contribution in [3.8, 4) is 17.2 Å². The van der Waals surface area contributed by atoms with Gasteiger partial charge in [0.05, 0.1) is 11.3 Å². The largest absolute Gasteiger partial charge is 1.00 e. The topological polar surface area (TPSA) is 34.7 Å². The van der Waals surface area contributed by atoms with E-state index in [1.54, 1.807) is 0 Å². The van der Waals surface area contributed by atoms with Gasteiger partial charge in [-0.25, -0.2) is 0 Å². The first-order valence-corrected chi connectivity index (χ1v) is 7.78. The van der Waals surface area contributed by atoms with Crippen LogP contribution >= 0.6 is 0 Å². The molecule has 0 amide bonds. The standard InChI is InChI=1S/C19H20N2O.BrH/c1-13-15-12-20-19(2,3)16-10-7-11-21(16)18(15)22-17(13)14-8-5-4-6-9-14;/h4-11,20H,12H2,1-3H3;1H. The van der Waals surface area contributed by atoms with Crippen molar-refractivity contribution in [2.24, 2.45) is 0 Å². The fourth-order valence-corrected chi connectivity index (χ4v) is 3.38. The van der Waals surface area contributed by atoms with Gasteiger partial charge in [0.1, 0.15) is 17.8 Å². The van der Waals surface area contributed by atoms with E-state index in [9.17, 15) is 0 Å². The van der Waals surface area contributed by atoms with Crippen LogP contribution in [0.5, 0.6) is 0 Å². The molecule has 4 rings (SSSR count). The molecule has 3 heterocycles. The summed E-state index contributed by atoms with van der Waals surface area (Å²) in [6, 6.07) is 14.6. The second-order valence-corrected chi connectivity index (χ2v) is 6.60. The lowest BCUT2D eigenvalue weighted by Crippen LogP contribution is -3.00. The number of aromatic nitrogens is 1. The first-order chi connectivity index (χ1) is 10.6. The Kier molecular flexibility index (Phi) is 3.98. The Hall–Kier alpha value is -1.78. The first kappa shape index (κ1) is 16.1. The highest BCUT2D eigenvalue weighted by atomic mass is 79.9. The smallest absolute Gasteiger partial charge is 0.213 e. The molecule has 4 heteroatoms. The molecule has 0 saturated carbocycles. The van der Waals surface area contributed by atoms with Gasteiger partial charge in [0.15, 0.2) is 0 Å². The lowest BCUT2D eigenvalue weighted by Gasteiger charge is -2.21. The van der Waals surface area contributed by atoms with Gasteiger partial charge in [-0.1, -0.05) is 30.3 Å². The third kappa shape index (κ3) is 2.46. The predicted molar refractivity (Wildman–Crippen MR) is 86.9 cm³/mol. The molecule has 1 aliphatic rings. The van der Waals surface area contributed by atoms with Gasteiger partial charge in [0.2, 0.25) is 5.88 Å². The molecule has 2 N–H and O–H groups in total. The van der Waals surface area contributed by atoms with Gasteiger partial charge < -0.3 is 26.7 Å². The Morgan fingerprint density at radius 1 is 1.09 bits per heavy atom. The SMILES string of the molecule is Cc1c(-c2ccccc2)oc2c1C[NH2+]C(C)(C)c1cccn1-2.[Br-]. The lowest BCUT2D eigenvalue weighted by molar-refractivity contribution is -0.744. The van der Waals surface area contributed by atoms with Crippen LogP contribution in [0.15, 0.2) is 53.1 Å². The van der Waals surface area contributed by atoms with Crippen LogP contribution in [0.4, 0.5) is 0 Å². The van der Waals surface area contributed by atoms with Crippen LogP contribution in [-0.4, -0.2) is 4.57 Å². The molecule has 0 radical (unpaired) electrons. The molecule has 1 aromatic carbocycles. The van der Waals surface area contributed by atoms with Crippen LogP contribution in [0.3, 0.4) is 0 Å². The number of halogens is 1. The Bertz CT molecular complexity index is 830. The average Bonchev–Trinajstić information content (AvgIpc) is 3.09. The zero-order valence-corrected chi connectivity index (χ0v) is 15.2. The quantitative estimate of drug-likeness (QED) is 0.657. The van der Waals surface area contributed by atoms with Crippen molar-refractivity contribution in [3.63, 3.8) is 0 Å². The van der Waals surface area contributed by atoms with Gasteiger partial charge in [-0.15, -0.1) is 0 Å². The Labute approximate surface area is 147 Å². The summed E-state index contributed by atoms with van der Waals surface area (Å²) in [5.41, 5.74) is 5.00. The van der Waals surface area contributed by atoms with Gasteiger partial charge >= 0.3 is 0 Å². The summed E-state index contributed by atoms with van der Waals surface area (Å²) in [6.45, 7) is 7.63. The zero-order chi connectivity index (χ0) is 15.3. The molecule has 3 aromatic rings. The van der Waals surface area contributed by atoms with E-state index in [2.05, 4.69) is 73.3 Å². The molecule has 0 saturated heterocycles. The normalized spacial score (nSPS) is 15.3. The van der Waals surface area contributed by atoms with Crippen molar-refractivity contribution in [2.45, 2.75) is 32.9 Å². The molecule has 0 atom stereocenters. The van der Waals surface area contributed by atoms with Gasteiger partial charge in [-0.3, -0.25) is 4.57 Å². The number of hydrogen-bond acceptors (Lipinski definition) is 1. The Morgan fingerprint density at radius 2 is 1.83 bits per heavy atom. The van der Waals surface area contributed by atoms with Crippen molar-refractivity contribution in [1.29, 1.82) is 0 Å². The van der Waals surface area contributed by atoms with Crippen molar-refractivity contribution < 1.29 is 26.7 Å². The van der Waals surface area contributed by atoms with Crippen LogP contribution in [-0.2, 0) is 12.1 Å². The first-order valence-electron chi connectivity index (χ1n) is 7.78. The van der Waals surface area contributed by atoms with E-state index in [4.69, 9.17) is 4.42 Å². The molecule has 0 bridgehead atoms. The summed E-state index contributed by atoms with van der Waals surface area (Å²) >= 11 is 0. The maximum atomic E-state index is 6.32. The van der Waals surface area contributed by atoms with Crippen LogP contribution < -0.4 is 22.3 Å². The number of benzene rings is 1. The average molecular weight is 373 g/mol. The van der Waals surface area contributed by atoms with Crippen molar-refractivity contribution in [1.82, 2.24) is 4.57 Å². The molecule has 3 nitrogen and oxygen atoms in total. The number of nitrogens with two attached hydrogens (primary N) is 1. The van der Waals surface area contributed by atoms with Crippen LogP contribution in [0, 0.1) is 6.92 Å². The maximum absolute atomic E-state index is 6.32. The highest BCUT2D eigenvalue weighted by Crippen LogP contribution is 2.35. The molecule has 0 unspecified atom stereocenters. The molecular weight excluding hydrogens is 352 g/mol. The maximum Gasteiger partial charge on any atom is 0.213 e. The number of hydrogen-bond donors (Lipinski definition) is 1. The monoisotopic (exact) mass is 372 g/mol. The molecular formula is C19H21BrN2O. The van der Waals surface area contributed by atoms with Crippen LogP contribution in [0.25, 0.3) is 17.2 Å². The summed E-state index contributed by atoms with van der Waals surface area (Å²) in [7, 11) is 0. The fraction of sp³-hybridized carbons (Fsp3) is 0.263. The van der Waals surface area contributed by atoms with Crippen molar-refractivity contribution in [2.75, 3.05) is 0 Å². The summed E-state index contributed by atoms with van der Waals surface area (Å²) < 4.78 is 8.53. The molecule has 0 aliphatic carbocycles. The Balaban J connectivity index is 0.00000156. The second-order valence-electron chi connectivity index (χ2n) is 6.60. The van der Waals surface area contributed by atoms with Crippen LogP contribution in [0.2, 0.25) is 0 Å². The summed E-state index contributed by atoms with van der Waals surface area (Å²) in [6.07, 6.45) is 2.10. The van der Waals surface area contributed by atoms with E-state index >= 15 is 0 Å². The van der Waals surface area contributed by atoms with Gasteiger partial charge in [0.25, 0.3) is 0 Å². The van der Waals surface area contributed by atoms with E-state index < -0.39 is 0 Å². The number of nitrogens with zero attached hydrogens (tertiary/aromatic N) is 1. The minimum atomic E-state index is 0. The van der Waals surface area contributed by atoms with E-state index in [1.165, 1.54) is 16.8 Å². The second kappa shape index (κ2) is 5.69. The molecule has 2 aromatic heterocycles. The van der Waals surface area contributed by atoms with Gasteiger partial charge in [-0.2, -0.15) is 0 Å². The number of rotatable bonds is 1. The Morgan fingerprint density at radius 3 is 2.57 bits per heavy atom. The van der Waals surface area contributed by atoms with E-state index in [0.29, 0.717) is 0 Å². The summed E-state index contributed by atoms with van der Waals surface area (Å²) in [4.78, 5) is 0. The highest BCUT2D eigenvalue weighted by molar-refractivity contribution is 5.65. The van der Waals surface area contributed by atoms with Crippen molar-refractivity contribution in [3.05, 3.63) is 65.5 Å². The van der Waals surface area contributed by atoms with E-state index in [0.717, 1.165) is 23.8 Å². The van der Waals surface area contributed by atoms with Gasteiger partial charge in [-0.05, 0) is 32.9 Å². The predicted octanol–water partition coefficient (Wildman–Crippen LogP) is 0.362. The minimum absolute atomic E-state index is 0. The summed E-state index contributed by atoms with van der Waals surface area (Å²) in [5.74, 6) is 1.96. The van der Waals surface area contributed by atoms with Crippen molar-refractivity contribution >= 4 is 0 Å². The number of quaternary nitrogens is 1. The van der Waals surface area contributed by atoms with E-state index in [-0.39, 0.29) is 22.5 Å². The molecule has 120 valence electrons. The third-order valence-corrected chi connectivity index (χ3v) is 4.73. The summed E-state index contributed by atoms with van der Waals surface area (Å²) in [5, 5.41) is 2.39. The zero-order valence-electron chi connectivity index (χ0n) is 13.6. The molecule has 1 aliphatic heterocycles. The minimum Gasteiger partial charge on any atom is -1.00 e. The molecule has 0 spiro atoms. The molecule has 0 fully saturated rings. The highest BCUT2D eigenvalue weighted by Gasteiger charge is 2.34. The third-order valence-electron chi connectivity index (χ3n) is 4.73.